The highest BCUT2D eigenvalue weighted by atomic mass is 32.2. The summed E-state index contributed by atoms with van der Waals surface area (Å²) in [6.07, 6.45) is 0.113. The highest BCUT2D eigenvalue weighted by Crippen LogP contribution is 2.31. The highest BCUT2D eigenvalue weighted by Gasteiger charge is 2.28. The second kappa shape index (κ2) is 11.2. The molecule has 7 nitrogen and oxygen atoms in total. The Labute approximate surface area is 220 Å². The van der Waals surface area contributed by atoms with Crippen molar-refractivity contribution in [1.29, 1.82) is 0 Å². The number of nitrogens with zero attached hydrogens (tertiary/aromatic N) is 2. The van der Waals surface area contributed by atoms with E-state index >= 15 is 0 Å². The summed E-state index contributed by atoms with van der Waals surface area (Å²) in [5, 5.41) is 7.32. The Morgan fingerprint density at radius 3 is 2.50 bits per heavy atom. The Kier molecular flexibility index (Phi) is 8.13. The third-order valence-electron chi connectivity index (χ3n) is 6.52. The van der Waals surface area contributed by atoms with Crippen LogP contribution in [0.15, 0.2) is 47.5 Å². The Morgan fingerprint density at radius 2 is 1.84 bits per heavy atom. The maximum absolute atomic E-state index is 13.2. The van der Waals surface area contributed by atoms with E-state index in [4.69, 9.17) is 4.74 Å². The van der Waals surface area contributed by atoms with Crippen LogP contribution in [0.25, 0.3) is 10.9 Å². The van der Waals surface area contributed by atoms with Crippen LogP contribution in [0.5, 0.6) is 5.75 Å². The molecule has 38 heavy (non-hydrogen) atoms. The van der Waals surface area contributed by atoms with Crippen molar-refractivity contribution in [2.24, 2.45) is 0 Å². The Balaban J connectivity index is 1.60. The van der Waals surface area contributed by atoms with Crippen LogP contribution in [0.4, 0.5) is 24.5 Å². The third-order valence-corrected chi connectivity index (χ3v) is 7.63. The number of methoxy groups -OCH3 is 1. The smallest absolute Gasteiger partial charge is 0.406 e. The number of piperidine rings is 1. The Bertz CT molecular complexity index is 1460. The molecule has 0 radical (unpaired) electrons. The first-order valence-corrected chi connectivity index (χ1v) is 14.1. The van der Waals surface area contributed by atoms with Crippen LogP contribution in [0.1, 0.15) is 18.4 Å². The van der Waals surface area contributed by atoms with Gasteiger partial charge in [-0.2, -0.15) is 13.2 Å². The average molecular weight is 549 g/mol. The molecule has 11 heteroatoms. The summed E-state index contributed by atoms with van der Waals surface area (Å²) in [5.74, 6) is 6.50. The minimum Gasteiger partial charge on any atom is -0.495 e. The number of ether oxygens (including phenoxy) is 1. The Morgan fingerprint density at radius 1 is 1.11 bits per heavy atom. The minimum absolute atomic E-state index is 0.147. The molecule has 0 aliphatic carbocycles. The molecule has 1 aliphatic heterocycles. The second-order valence-electron chi connectivity index (χ2n) is 9.53. The summed E-state index contributed by atoms with van der Waals surface area (Å²) in [5.41, 5.74) is 2.27. The van der Waals surface area contributed by atoms with Gasteiger partial charge in [-0.05, 0) is 69.4 Å². The van der Waals surface area contributed by atoms with Crippen LogP contribution in [-0.4, -0.2) is 70.2 Å². The van der Waals surface area contributed by atoms with Gasteiger partial charge in [-0.15, -0.1) is 0 Å². The van der Waals surface area contributed by atoms with Gasteiger partial charge < -0.3 is 24.8 Å². The molecule has 0 amide bonds. The number of anilines is 2. The van der Waals surface area contributed by atoms with E-state index in [2.05, 4.69) is 34.4 Å². The number of halogens is 3. The number of benzene rings is 2. The summed E-state index contributed by atoms with van der Waals surface area (Å²) in [4.78, 5) is 2.40. The predicted octanol–water partition coefficient (Wildman–Crippen LogP) is 4.59. The first kappa shape index (κ1) is 27.7. The highest BCUT2D eigenvalue weighted by molar-refractivity contribution is 7.90. The first-order chi connectivity index (χ1) is 17.9. The zero-order valence-corrected chi connectivity index (χ0v) is 22.3. The van der Waals surface area contributed by atoms with Crippen molar-refractivity contribution in [3.05, 3.63) is 48.2 Å². The molecule has 2 aromatic carbocycles. The van der Waals surface area contributed by atoms with Gasteiger partial charge in [0, 0.05) is 35.1 Å². The van der Waals surface area contributed by atoms with Gasteiger partial charge in [0.2, 0.25) is 0 Å². The van der Waals surface area contributed by atoms with Gasteiger partial charge >= 0.3 is 6.18 Å². The molecule has 0 atom stereocenters. The van der Waals surface area contributed by atoms with Crippen molar-refractivity contribution < 1.29 is 26.3 Å². The molecule has 2 N–H and O–H groups in total. The molecule has 0 unspecified atom stereocenters. The number of likely N-dealkylation sites (tertiary alicyclic amines) is 1. The maximum Gasteiger partial charge on any atom is 0.406 e. The standard InChI is InChI=1S/C27H31F3N4O3S/c1-33-12-8-20(9-13-33)32-23-15-19(16-25-22(23)10-14-34(25)18-27(28,29)30)5-4-11-31-24-17-21(38(3,35)36)6-7-26(24)37-2/h6-7,10,14-17,20,31-32H,8-9,11-13,18H2,1-3H3. The van der Waals surface area contributed by atoms with E-state index in [1.54, 1.807) is 18.2 Å². The normalized spacial score (nSPS) is 15.2. The van der Waals surface area contributed by atoms with Crippen molar-refractivity contribution in [1.82, 2.24) is 9.47 Å². The van der Waals surface area contributed by atoms with E-state index in [1.165, 1.54) is 30.0 Å². The number of hydrogen-bond donors (Lipinski definition) is 2. The van der Waals surface area contributed by atoms with E-state index in [0.29, 0.717) is 22.5 Å². The molecule has 204 valence electrons. The molecule has 0 saturated carbocycles. The lowest BCUT2D eigenvalue weighted by Crippen LogP contribution is -2.36. The molecule has 0 spiro atoms. The van der Waals surface area contributed by atoms with Gasteiger partial charge in [0.05, 0.1) is 29.8 Å². The average Bonchev–Trinajstić information content (AvgIpc) is 3.24. The molecular weight excluding hydrogens is 517 g/mol. The van der Waals surface area contributed by atoms with Gasteiger partial charge in [-0.25, -0.2) is 8.42 Å². The number of fused-ring (bicyclic) bond motifs is 1. The number of sulfone groups is 1. The number of nitrogens with one attached hydrogen (secondary N) is 2. The van der Waals surface area contributed by atoms with Crippen molar-refractivity contribution in [2.75, 3.05) is 50.7 Å². The molecule has 0 bridgehead atoms. The minimum atomic E-state index is -4.35. The topological polar surface area (TPSA) is 75.6 Å². The fraction of sp³-hybridized carbons (Fsp3) is 0.407. The zero-order chi connectivity index (χ0) is 27.5. The third kappa shape index (κ3) is 6.94. The van der Waals surface area contributed by atoms with Crippen molar-refractivity contribution in [3.8, 4) is 17.6 Å². The fourth-order valence-corrected chi connectivity index (χ4v) is 5.18. The molecule has 3 aromatic rings. The van der Waals surface area contributed by atoms with Crippen LogP contribution in [0.2, 0.25) is 0 Å². The molecule has 1 aromatic heterocycles. The van der Waals surface area contributed by atoms with Gasteiger partial charge in [-0.3, -0.25) is 0 Å². The lowest BCUT2D eigenvalue weighted by Gasteiger charge is -2.30. The summed E-state index contributed by atoms with van der Waals surface area (Å²) < 4.78 is 69.9. The van der Waals surface area contributed by atoms with Crippen LogP contribution < -0.4 is 15.4 Å². The van der Waals surface area contributed by atoms with Gasteiger partial charge in [-0.1, -0.05) is 11.8 Å². The van der Waals surface area contributed by atoms with E-state index in [-0.39, 0.29) is 17.5 Å². The van der Waals surface area contributed by atoms with E-state index in [0.717, 1.165) is 43.3 Å². The van der Waals surface area contributed by atoms with Crippen LogP contribution in [0.3, 0.4) is 0 Å². The predicted molar refractivity (Wildman–Crippen MR) is 144 cm³/mol. The van der Waals surface area contributed by atoms with Crippen molar-refractivity contribution in [2.45, 2.75) is 36.5 Å². The van der Waals surface area contributed by atoms with E-state index < -0.39 is 22.6 Å². The van der Waals surface area contributed by atoms with Gasteiger partial charge in [0.1, 0.15) is 12.3 Å². The zero-order valence-electron chi connectivity index (χ0n) is 21.5. The fourth-order valence-electron chi connectivity index (χ4n) is 4.53. The monoisotopic (exact) mass is 548 g/mol. The molecule has 1 saturated heterocycles. The van der Waals surface area contributed by atoms with Crippen LogP contribution >= 0.6 is 0 Å². The lowest BCUT2D eigenvalue weighted by atomic mass is 10.0. The van der Waals surface area contributed by atoms with Crippen LogP contribution in [0, 0.1) is 11.8 Å². The SMILES string of the molecule is COc1ccc(S(C)(=O)=O)cc1NCC#Cc1cc(NC2CCN(C)CC2)c2ccn(CC(F)(F)F)c2c1. The van der Waals surface area contributed by atoms with E-state index in [1.807, 2.05) is 6.07 Å². The van der Waals surface area contributed by atoms with E-state index in [9.17, 15) is 21.6 Å². The number of aromatic nitrogens is 1. The lowest BCUT2D eigenvalue weighted by molar-refractivity contribution is -0.139. The van der Waals surface area contributed by atoms with Crippen molar-refractivity contribution >= 4 is 32.1 Å². The quantitative estimate of drug-likeness (QED) is 0.421. The molecule has 4 rings (SSSR count). The molecule has 2 heterocycles. The number of rotatable bonds is 7. The van der Waals surface area contributed by atoms with Crippen molar-refractivity contribution in [3.63, 3.8) is 0 Å². The number of alkyl halides is 3. The van der Waals surface area contributed by atoms with Crippen LogP contribution in [-0.2, 0) is 16.4 Å². The van der Waals surface area contributed by atoms with Gasteiger partial charge in [0.15, 0.2) is 9.84 Å². The summed E-state index contributed by atoms with van der Waals surface area (Å²) in [7, 11) is 0.155. The summed E-state index contributed by atoms with van der Waals surface area (Å²) >= 11 is 0. The number of hydrogen-bond acceptors (Lipinski definition) is 6. The maximum atomic E-state index is 13.2. The second-order valence-corrected chi connectivity index (χ2v) is 11.5. The first-order valence-electron chi connectivity index (χ1n) is 12.2. The molecule has 1 fully saturated rings. The molecular formula is C27H31F3N4O3S. The summed E-state index contributed by atoms with van der Waals surface area (Å²) in [6, 6.07) is 9.98. The van der Waals surface area contributed by atoms with Gasteiger partial charge in [0.25, 0.3) is 0 Å². The molecule has 1 aliphatic rings. The largest absolute Gasteiger partial charge is 0.495 e. The summed E-state index contributed by atoms with van der Waals surface area (Å²) in [6.45, 7) is 0.984. The Hall–Kier alpha value is -3.36.